The Morgan fingerprint density at radius 1 is 1.55 bits per heavy atom. The van der Waals surface area contributed by atoms with Gasteiger partial charge in [0.05, 0.1) is 12.1 Å². The molecule has 4 heteroatoms. The molecule has 1 aliphatic heterocycles. The number of piperazine rings is 1. The van der Waals surface area contributed by atoms with Gasteiger partial charge in [0.15, 0.2) is 0 Å². The van der Waals surface area contributed by atoms with Gasteiger partial charge in [0.2, 0.25) is 11.8 Å². The Morgan fingerprint density at radius 3 is 2.64 bits per heavy atom. The van der Waals surface area contributed by atoms with E-state index in [1.165, 1.54) is 0 Å². The third-order valence-electron chi connectivity index (χ3n) is 2.10. The van der Waals surface area contributed by atoms with E-state index in [1.54, 1.807) is 6.92 Å². The normalized spacial score (nSPS) is 31.8. The van der Waals surface area contributed by atoms with Crippen molar-refractivity contribution in [1.82, 2.24) is 10.6 Å². The lowest BCUT2D eigenvalue weighted by atomic mass is 9.96. The molecule has 1 rings (SSSR count). The van der Waals surface area contributed by atoms with Crippen LogP contribution in [0.3, 0.4) is 0 Å². The first-order valence-corrected chi connectivity index (χ1v) is 3.68. The van der Waals surface area contributed by atoms with Crippen LogP contribution in [0.4, 0.5) is 0 Å². The molecule has 0 aromatic carbocycles. The molecule has 11 heavy (non-hydrogen) atoms. The number of amides is 2. The lowest BCUT2D eigenvalue weighted by Crippen LogP contribution is -2.63. The molecule has 0 saturated carbocycles. The second-order valence-corrected chi connectivity index (χ2v) is 2.92. The largest absolute Gasteiger partial charge is 0.295 e. The van der Waals surface area contributed by atoms with E-state index in [1.807, 2.05) is 6.92 Å². The Kier molecular flexibility index (Phi) is 1.95. The van der Waals surface area contributed by atoms with Crippen molar-refractivity contribution in [1.29, 1.82) is 0 Å². The van der Waals surface area contributed by atoms with Gasteiger partial charge in [-0.1, -0.05) is 6.92 Å². The van der Waals surface area contributed by atoms with E-state index >= 15 is 0 Å². The Hall–Kier alpha value is -0.900. The highest BCUT2D eigenvalue weighted by Gasteiger charge is 2.35. The molecule has 0 spiro atoms. The van der Waals surface area contributed by atoms with Crippen LogP contribution in [0, 0.1) is 0 Å². The maximum absolute atomic E-state index is 11.2. The molecular formula is C7H12N2O2. The summed E-state index contributed by atoms with van der Waals surface area (Å²) >= 11 is 0. The van der Waals surface area contributed by atoms with Crippen LogP contribution in [-0.4, -0.2) is 23.9 Å². The molecule has 0 aliphatic carbocycles. The fourth-order valence-corrected chi connectivity index (χ4v) is 0.950. The lowest BCUT2D eigenvalue weighted by Gasteiger charge is -2.31. The van der Waals surface area contributed by atoms with Crippen molar-refractivity contribution in [2.75, 3.05) is 6.54 Å². The molecule has 1 unspecified atom stereocenters. The summed E-state index contributed by atoms with van der Waals surface area (Å²) in [4.78, 5) is 21.8. The van der Waals surface area contributed by atoms with Crippen LogP contribution in [0.25, 0.3) is 0 Å². The molecule has 1 aliphatic rings. The summed E-state index contributed by atoms with van der Waals surface area (Å²) in [6.45, 7) is 3.92. The Labute approximate surface area is 65.3 Å². The van der Waals surface area contributed by atoms with E-state index in [2.05, 4.69) is 10.6 Å². The predicted octanol–water partition coefficient (Wildman–Crippen LogP) is -0.599. The number of imide groups is 1. The molecule has 0 aromatic heterocycles. The highest BCUT2D eigenvalue weighted by atomic mass is 16.2. The predicted molar refractivity (Wildman–Crippen MR) is 39.8 cm³/mol. The van der Waals surface area contributed by atoms with Gasteiger partial charge >= 0.3 is 0 Å². The van der Waals surface area contributed by atoms with Gasteiger partial charge in [-0.3, -0.25) is 20.2 Å². The molecule has 2 N–H and O–H groups in total. The molecule has 4 nitrogen and oxygen atoms in total. The van der Waals surface area contributed by atoms with Gasteiger partial charge in [-0.2, -0.15) is 0 Å². The smallest absolute Gasteiger partial charge is 0.246 e. The molecule has 62 valence electrons. The van der Waals surface area contributed by atoms with Crippen molar-refractivity contribution < 1.29 is 9.59 Å². The minimum Gasteiger partial charge on any atom is -0.295 e. The van der Waals surface area contributed by atoms with E-state index in [4.69, 9.17) is 0 Å². The van der Waals surface area contributed by atoms with E-state index in [0.717, 1.165) is 0 Å². The van der Waals surface area contributed by atoms with E-state index in [0.29, 0.717) is 6.42 Å². The van der Waals surface area contributed by atoms with Crippen molar-refractivity contribution in [3.8, 4) is 0 Å². The van der Waals surface area contributed by atoms with Gasteiger partial charge in [-0.15, -0.1) is 0 Å². The Bertz CT molecular complexity index is 203. The zero-order valence-electron chi connectivity index (χ0n) is 6.73. The van der Waals surface area contributed by atoms with Crippen molar-refractivity contribution in [2.24, 2.45) is 0 Å². The Balaban J connectivity index is 2.71. The minimum atomic E-state index is -0.562. The third kappa shape index (κ3) is 1.40. The molecule has 0 bridgehead atoms. The average Bonchev–Trinajstić information content (AvgIpc) is 1.98. The maximum atomic E-state index is 11.2. The summed E-state index contributed by atoms with van der Waals surface area (Å²) in [5, 5.41) is 5.16. The molecule has 1 heterocycles. The van der Waals surface area contributed by atoms with Gasteiger partial charge in [0, 0.05) is 0 Å². The second-order valence-electron chi connectivity index (χ2n) is 2.92. The fraction of sp³-hybridized carbons (Fsp3) is 0.714. The average molecular weight is 156 g/mol. The Morgan fingerprint density at radius 2 is 2.18 bits per heavy atom. The van der Waals surface area contributed by atoms with Gasteiger partial charge in [-0.05, 0) is 13.3 Å². The minimum absolute atomic E-state index is 0.226. The lowest BCUT2D eigenvalue weighted by molar-refractivity contribution is -0.137. The molecule has 1 atom stereocenters. The standard InChI is InChI=1S/C7H12N2O2/c1-3-7(2)6(11)9-5(10)4-8-7/h8H,3-4H2,1-2H3,(H,9,10,11). The van der Waals surface area contributed by atoms with E-state index < -0.39 is 5.54 Å². The number of hydrogen-bond acceptors (Lipinski definition) is 3. The van der Waals surface area contributed by atoms with Crippen LogP contribution in [0.5, 0.6) is 0 Å². The SMILES string of the molecule is CCC1(C)NCC(=O)NC1=O. The first-order chi connectivity index (χ1) is 5.08. The summed E-state index contributed by atoms with van der Waals surface area (Å²) in [5.41, 5.74) is -0.562. The van der Waals surface area contributed by atoms with Crippen LogP contribution in [0.15, 0.2) is 0 Å². The van der Waals surface area contributed by atoms with Crippen molar-refractivity contribution >= 4 is 11.8 Å². The van der Waals surface area contributed by atoms with Gasteiger partial charge in [0.25, 0.3) is 0 Å². The van der Waals surface area contributed by atoms with Gasteiger partial charge < -0.3 is 0 Å². The van der Waals surface area contributed by atoms with Crippen LogP contribution in [-0.2, 0) is 9.59 Å². The topological polar surface area (TPSA) is 58.2 Å². The van der Waals surface area contributed by atoms with Crippen LogP contribution >= 0.6 is 0 Å². The maximum Gasteiger partial charge on any atom is 0.246 e. The number of carbonyl (C=O) groups excluding carboxylic acids is 2. The zero-order chi connectivity index (χ0) is 8.48. The fourth-order valence-electron chi connectivity index (χ4n) is 0.950. The first-order valence-electron chi connectivity index (χ1n) is 3.68. The monoisotopic (exact) mass is 156 g/mol. The number of nitrogens with one attached hydrogen (secondary N) is 2. The van der Waals surface area contributed by atoms with Crippen LogP contribution in [0.2, 0.25) is 0 Å². The molecule has 2 amide bonds. The summed E-state index contributed by atoms with van der Waals surface area (Å²) < 4.78 is 0. The highest BCUT2D eigenvalue weighted by molar-refractivity contribution is 6.03. The molecule has 1 saturated heterocycles. The number of carbonyl (C=O) groups is 2. The number of rotatable bonds is 1. The summed E-state index contributed by atoms with van der Waals surface area (Å²) in [6, 6.07) is 0. The van der Waals surface area contributed by atoms with Crippen molar-refractivity contribution in [3.05, 3.63) is 0 Å². The highest BCUT2D eigenvalue weighted by Crippen LogP contribution is 2.10. The second kappa shape index (κ2) is 2.62. The molecule has 0 radical (unpaired) electrons. The van der Waals surface area contributed by atoms with Gasteiger partial charge in [0.1, 0.15) is 0 Å². The number of hydrogen-bond donors (Lipinski definition) is 2. The quantitative estimate of drug-likeness (QED) is 0.498. The zero-order valence-corrected chi connectivity index (χ0v) is 6.73. The first kappa shape index (κ1) is 8.20. The third-order valence-corrected chi connectivity index (χ3v) is 2.10. The molecular weight excluding hydrogens is 144 g/mol. The van der Waals surface area contributed by atoms with Gasteiger partial charge in [-0.25, -0.2) is 0 Å². The van der Waals surface area contributed by atoms with Crippen LogP contribution < -0.4 is 10.6 Å². The molecule has 1 fully saturated rings. The summed E-state index contributed by atoms with van der Waals surface area (Å²) in [5.74, 6) is -0.475. The van der Waals surface area contributed by atoms with Crippen molar-refractivity contribution in [3.63, 3.8) is 0 Å². The van der Waals surface area contributed by atoms with E-state index in [-0.39, 0.29) is 18.4 Å². The van der Waals surface area contributed by atoms with E-state index in [9.17, 15) is 9.59 Å². The molecule has 0 aromatic rings. The van der Waals surface area contributed by atoms with Crippen molar-refractivity contribution in [2.45, 2.75) is 25.8 Å². The summed E-state index contributed by atoms with van der Waals surface area (Å²) in [6.07, 6.45) is 0.687. The van der Waals surface area contributed by atoms with Crippen LogP contribution in [0.1, 0.15) is 20.3 Å². The summed E-state index contributed by atoms with van der Waals surface area (Å²) in [7, 11) is 0.